The number of fused-ring (bicyclic) bond motifs is 1. The molecule has 2 aliphatic heterocycles. The van der Waals surface area contributed by atoms with Crippen LogP contribution in [-0.2, 0) is 9.59 Å². The Labute approximate surface area is 174 Å². The molecule has 7 heteroatoms. The van der Waals surface area contributed by atoms with Crippen molar-refractivity contribution in [1.82, 2.24) is 4.90 Å². The fourth-order valence-corrected chi connectivity index (χ4v) is 3.65. The summed E-state index contributed by atoms with van der Waals surface area (Å²) >= 11 is 6.23. The molecule has 150 valence electrons. The minimum atomic E-state index is -0.168. The Bertz CT molecular complexity index is 937. The van der Waals surface area contributed by atoms with Crippen LogP contribution in [-0.4, -0.2) is 36.6 Å². The molecule has 1 fully saturated rings. The molecule has 0 radical (unpaired) electrons. The van der Waals surface area contributed by atoms with E-state index in [1.54, 1.807) is 23.1 Å². The van der Waals surface area contributed by atoms with E-state index in [2.05, 4.69) is 5.32 Å². The molecule has 2 amide bonds. The molecule has 2 aromatic carbocycles. The average Bonchev–Trinajstić information content (AvgIpc) is 3.20. The summed E-state index contributed by atoms with van der Waals surface area (Å²) in [4.78, 5) is 26.8. The van der Waals surface area contributed by atoms with E-state index in [4.69, 9.17) is 21.1 Å². The molecule has 0 aliphatic carbocycles. The van der Waals surface area contributed by atoms with E-state index in [0.717, 1.165) is 5.56 Å². The second-order valence-corrected chi connectivity index (χ2v) is 7.43. The van der Waals surface area contributed by atoms with Crippen LogP contribution in [0.1, 0.15) is 18.4 Å². The van der Waals surface area contributed by atoms with Crippen molar-refractivity contribution in [2.24, 2.45) is 5.92 Å². The van der Waals surface area contributed by atoms with Crippen molar-refractivity contribution in [2.75, 3.05) is 25.2 Å². The van der Waals surface area contributed by atoms with Crippen LogP contribution >= 0.6 is 11.6 Å². The van der Waals surface area contributed by atoms with Crippen molar-refractivity contribution in [2.45, 2.75) is 12.8 Å². The molecule has 2 aromatic rings. The summed E-state index contributed by atoms with van der Waals surface area (Å²) in [5, 5.41) is 3.28. The summed E-state index contributed by atoms with van der Waals surface area (Å²) < 4.78 is 10.6. The number of hydrogen-bond acceptors (Lipinski definition) is 4. The first-order valence-corrected chi connectivity index (χ1v) is 9.90. The molecule has 0 atom stereocenters. The number of halogens is 1. The zero-order chi connectivity index (χ0) is 20.2. The van der Waals surface area contributed by atoms with Crippen LogP contribution in [0.4, 0.5) is 5.69 Å². The Hall–Kier alpha value is -2.99. The fraction of sp³-hybridized carbons (Fsp3) is 0.273. The third-order valence-electron chi connectivity index (χ3n) is 5.12. The predicted molar refractivity (Wildman–Crippen MR) is 111 cm³/mol. The summed E-state index contributed by atoms with van der Waals surface area (Å²) in [6, 6.07) is 13.0. The van der Waals surface area contributed by atoms with E-state index in [9.17, 15) is 9.59 Å². The Kier molecular flexibility index (Phi) is 5.71. The van der Waals surface area contributed by atoms with E-state index in [1.165, 1.54) is 0 Å². The third-order valence-corrected chi connectivity index (χ3v) is 5.43. The van der Waals surface area contributed by atoms with Crippen LogP contribution in [0, 0.1) is 5.92 Å². The van der Waals surface area contributed by atoms with Crippen LogP contribution in [0.2, 0.25) is 5.02 Å². The van der Waals surface area contributed by atoms with Crippen molar-refractivity contribution < 1.29 is 19.1 Å². The maximum Gasteiger partial charge on any atom is 0.246 e. The highest BCUT2D eigenvalue weighted by atomic mass is 35.5. The van der Waals surface area contributed by atoms with Gasteiger partial charge in [-0.2, -0.15) is 0 Å². The fourth-order valence-electron chi connectivity index (χ4n) is 3.45. The van der Waals surface area contributed by atoms with Crippen LogP contribution in [0.5, 0.6) is 11.5 Å². The van der Waals surface area contributed by atoms with Gasteiger partial charge in [0.2, 0.25) is 18.6 Å². The molecule has 4 rings (SSSR count). The van der Waals surface area contributed by atoms with Crippen LogP contribution in [0.3, 0.4) is 0 Å². The topological polar surface area (TPSA) is 67.9 Å². The number of rotatable bonds is 4. The average molecular weight is 413 g/mol. The van der Waals surface area contributed by atoms with E-state index in [1.807, 2.05) is 36.4 Å². The summed E-state index contributed by atoms with van der Waals surface area (Å²) in [6.45, 7) is 1.24. The molecule has 29 heavy (non-hydrogen) atoms. The van der Waals surface area contributed by atoms with Gasteiger partial charge in [0.25, 0.3) is 0 Å². The zero-order valence-electron chi connectivity index (χ0n) is 15.8. The van der Waals surface area contributed by atoms with Gasteiger partial charge in [-0.3, -0.25) is 9.59 Å². The number of piperidine rings is 1. The Morgan fingerprint density at radius 3 is 2.48 bits per heavy atom. The maximum atomic E-state index is 12.6. The number of carbonyl (C=O) groups is 2. The van der Waals surface area contributed by atoms with E-state index in [0.29, 0.717) is 48.1 Å². The first kappa shape index (κ1) is 19.3. The van der Waals surface area contributed by atoms with Crippen molar-refractivity contribution >= 4 is 35.2 Å². The quantitative estimate of drug-likeness (QED) is 0.772. The Morgan fingerprint density at radius 1 is 1.07 bits per heavy atom. The van der Waals surface area contributed by atoms with Gasteiger partial charge in [-0.15, -0.1) is 0 Å². The van der Waals surface area contributed by atoms with E-state index >= 15 is 0 Å². The second kappa shape index (κ2) is 8.57. The lowest BCUT2D eigenvalue weighted by Crippen LogP contribution is -2.40. The van der Waals surface area contributed by atoms with Gasteiger partial charge in [-0.05, 0) is 24.5 Å². The molecule has 0 bridgehead atoms. The largest absolute Gasteiger partial charge is 0.454 e. The van der Waals surface area contributed by atoms with Crippen molar-refractivity contribution in [3.63, 3.8) is 0 Å². The van der Waals surface area contributed by atoms with Crippen LogP contribution in [0.25, 0.3) is 6.08 Å². The molecular weight excluding hydrogens is 392 g/mol. The van der Waals surface area contributed by atoms with Gasteiger partial charge in [-0.25, -0.2) is 0 Å². The maximum absolute atomic E-state index is 12.6. The summed E-state index contributed by atoms with van der Waals surface area (Å²) in [6.07, 6.45) is 4.61. The number of hydrogen-bond donors (Lipinski definition) is 1. The first-order chi connectivity index (χ1) is 14.1. The van der Waals surface area contributed by atoms with Gasteiger partial charge in [0.15, 0.2) is 11.5 Å². The smallest absolute Gasteiger partial charge is 0.246 e. The van der Waals surface area contributed by atoms with Gasteiger partial charge in [0, 0.05) is 37.2 Å². The van der Waals surface area contributed by atoms with Gasteiger partial charge in [0.05, 0.1) is 10.7 Å². The zero-order valence-corrected chi connectivity index (χ0v) is 16.5. The summed E-state index contributed by atoms with van der Waals surface area (Å²) in [7, 11) is 0. The highest BCUT2D eigenvalue weighted by Crippen LogP contribution is 2.39. The van der Waals surface area contributed by atoms with E-state index in [-0.39, 0.29) is 24.5 Å². The summed E-state index contributed by atoms with van der Waals surface area (Å²) in [5.74, 6) is 0.835. The van der Waals surface area contributed by atoms with Crippen molar-refractivity contribution in [3.8, 4) is 11.5 Å². The molecule has 0 aromatic heterocycles. The minimum absolute atomic E-state index is 0.0356. The molecule has 6 nitrogen and oxygen atoms in total. The monoisotopic (exact) mass is 412 g/mol. The number of benzene rings is 2. The number of anilines is 1. The van der Waals surface area contributed by atoms with Crippen LogP contribution < -0.4 is 14.8 Å². The van der Waals surface area contributed by atoms with Gasteiger partial charge < -0.3 is 19.7 Å². The molecule has 2 aliphatic rings. The lowest BCUT2D eigenvalue weighted by atomic mass is 9.95. The van der Waals surface area contributed by atoms with Crippen molar-refractivity contribution in [1.29, 1.82) is 0 Å². The highest BCUT2D eigenvalue weighted by molar-refractivity contribution is 6.34. The molecule has 1 saturated heterocycles. The van der Waals surface area contributed by atoms with E-state index < -0.39 is 0 Å². The first-order valence-electron chi connectivity index (χ1n) is 9.52. The third kappa shape index (κ3) is 4.54. The summed E-state index contributed by atoms with van der Waals surface area (Å²) in [5.41, 5.74) is 1.49. The highest BCUT2D eigenvalue weighted by Gasteiger charge is 2.27. The predicted octanol–water partition coefficient (Wildman–Crippen LogP) is 3.96. The normalized spacial score (nSPS) is 16.2. The van der Waals surface area contributed by atoms with Gasteiger partial charge in [0.1, 0.15) is 0 Å². The second-order valence-electron chi connectivity index (χ2n) is 7.02. The lowest BCUT2D eigenvalue weighted by Gasteiger charge is -2.30. The number of amides is 2. The number of likely N-dealkylation sites (tertiary alicyclic amines) is 1. The van der Waals surface area contributed by atoms with Crippen LogP contribution in [0.15, 0.2) is 48.5 Å². The minimum Gasteiger partial charge on any atom is -0.454 e. The molecule has 0 unspecified atom stereocenters. The molecule has 0 saturated carbocycles. The van der Waals surface area contributed by atoms with Gasteiger partial charge in [-0.1, -0.05) is 41.9 Å². The number of nitrogens with zero attached hydrogens (tertiary/aromatic N) is 1. The molecule has 0 spiro atoms. The SMILES string of the molecule is O=C(Nc1cc2c(cc1Cl)OCO2)C1CCN(C(=O)/C=C/c2ccccc2)CC1. The number of ether oxygens (including phenoxy) is 2. The van der Waals surface area contributed by atoms with Crippen molar-refractivity contribution in [3.05, 3.63) is 59.1 Å². The number of carbonyl (C=O) groups excluding carboxylic acids is 2. The Balaban J connectivity index is 1.31. The molecular formula is C22H21ClN2O4. The molecule has 1 N–H and O–H groups in total. The molecule has 2 heterocycles. The lowest BCUT2D eigenvalue weighted by molar-refractivity contribution is -0.130. The van der Waals surface area contributed by atoms with Gasteiger partial charge >= 0.3 is 0 Å². The Morgan fingerprint density at radius 2 is 1.76 bits per heavy atom. The standard InChI is InChI=1S/C22H21ClN2O4/c23-17-12-19-20(29-14-28-19)13-18(17)24-22(27)16-8-10-25(11-9-16)21(26)7-6-15-4-2-1-3-5-15/h1-7,12-13,16H,8-11,14H2,(H,24,27)/b7-6+. The number of nitrogens with one attached hydrogen (secondary N) is 1.